The van der Waals surface area contributed by atoms with Crippen LogP contribution in [0.25, 0.3) is 0 Å². The van der Waals surface area contributed by atoms with E-state index in [0.29, 0.717) is 6.54 Å². The fourth-order valence-electron chi connectivity index (χ4n) is 0.604. The Balaban J connectivity index is 4.02. The number of amides is 1. The van der Waals surface area contributed by atoms with Gasteiger partial charge in [-0.1, -0.05) is 6.08 Å². The highest BCUT2D eigenvalue weighted by atomic mass is 32.1. The van der Waals surface area contributed by atoms with Gasteiger partial charge in [0.2, 0.25) is 5.91 Å². The molecule has 1 amide bonds. The topological polar surface area (TPSA) is 55.1 Å². The molecule has 0 rings (SSSR count). The van der Waals surface area contributed by atoms with E-state index in [1.165, 1.54) is 0 Å². The Morgan fingerprint density at radius 2 is 2.33 bits per heavy atom. The molecular formula is C8H16N2OS. The van der Waals surface area contributed by atoms with Crippen molar-refractivity contribution in [1.29, 1.82) is 0 Å². The smallest absolute Gasteiger partial charge is 0.238 e. The average Bonchev–Trinajstić information content (AvgIpc) is 1.97. The fraction of sp³-hybridized carbons (Fsp3) is 0.625. The Kier molecular flexibility index (Phi) is 4.34. The predicted molar refractivity (Wildman–Crippen MR) is 54.2 cm³/mol. The number of nitrogens with one attached hydrogen (secondary N) is 1. The first-order valence-corrected chi connectivity index (χ1v) is 4.21. The van der Waals surface area contributed by atoms with Crippen molar-refractivity contribution in [3.05, 3.63) is 12.7 Å². The molecule has 4 heteroatoms. The van der Waals surface area contributed by atoms with Gasteiger partial charge in [0.15, 0.2) is 0 Å². The maximum absolute atomic E-state index is 11.2. The summed E-state index contributed by atoms with van der Waals surface area (Å²) < 4.78 is -0.495. The van der Waals surface area contributed by atoms with Gasteiger partial charge in [0.25, 0.3) is 0 Å². The zero-order valence-electron chi connectivity index (χ0n) is 7.50. The van der Waals surface area contributed by atoms with Gasteiger partial charge >= 0.3 is 0 Å². The first-order valence-electron chi connectivity index (χ1n) is 3.76. The lowest BCUT2D eigenvalue weighted by Crippen LogP contribution is -2.50. The van der Waals surface area contributed by atoms with Crippen molar-refractivity contribution in [2.45, 2.75) is 24.6 Å². The van der Waals surface area contributed by atoms with Crippen molar-refractivity contribution >= 4 is 18.5 Å². The van der Waals surface area contributed by atoms with Crippen molar-refractivity contribution in [1.82, 2.24) is 5.32 Å². The lowest BCUT2D eigenvalue weighted by atomic mass is 10.0. The minimum Gasteiger partial charge on any atom is -0.351 e. The first kappa shape index (κ1) is 11.5. The number of hydrogen-bond acceptors (Lipinski definition) is 3. The van der Waals surface area contributed by atoms with Gasteiger partial charge in [-0.05, 0) is 13.8 Å². The predicted octanol–water partition coefficient (Wildman–Crippen LogP) is 0.324. The molecule has 0 saturated heterocycles. The highest BCUT2D eigenvalue weighted by Gasteiger charge is 2.27. The monoisotopic (exact) mass is 188 g/mol. The largest absolute Gasteiger partial charge is 0.351 e. The normalized spacial score (nSPS) is 13.7. The highest BCUT2D eigenvalue weighted by Crippen LogP contribution is 2.15. The zero-order valence-corrected chi connectivity index (χ0v) is 8.40. The van der Waals surface area contributed by atoms with Gasteiger partial charge in [-0.15, -0.1) is 6.58 Å². The molecule has 1 atom stereocenters. The lowest BCUT2D eigenvalue weighted by molar-refractivity contribution is -0.122. The quantitative estimate of drug-likeness (QED) is 0.440. The summed E-state index contributed by atoms with van der Waals surface area (Å²) in [5, 5.41) is 2.61. The van der Waals surface area contributed by atoms with Crippen LogP contribution >= 0.6 is 12.6 Å². The molecule has 0 radical (unpaired) electrons. The van der Waals surface area contributed by atoms with Gasteiger partial charge in [0, 0.05) is 11.3 Å². The van der Waals surface area contributed by atoms with Crippen LogP contribution in [0, 0.1) is 0 Å². The minimum absolute atomic E-state index is 0.199. The van der Waals surface area contributed by atoms with Crippen LogP contribution in [-0.2, 0) is 4.79 Å². The molecular weight excluding hydrogens is 172 g/mol. The molecule has 0 saturated carbocycles. The molecule has 0 fully saturated rings. The van der Waals surface area contributed by atoms with Crippen LogP contribution in [0.4, 0.5) is 0 Å². The van der Waals surface area contributed by atoms with Gasteiger partial charge in [0.05, 0.1) is 6.04 Å². The van der Waals surface area contributed by atoms with E-state index >= 15 is 0 Å². The second-order valence-corrected chi connectivity index (χ2v) is 4.32. The summed E-state index contributed by atoms with van der Waals surface area (Å²) in [6.45, 7) is 7.52. The number of thiol groups is 1. The van der Waals surface area contributed by atoms with E-state index in [1.54, 1.807) is 19.9 Å². The molecule has 70 valence electrons. The third kappa shape index (κ3) is 3.78. The number of hydrogen-bond donors (Lipinski definition) is 3. The second kappa shape index (κ2) is 4.52. The third-order valence-corrected chi connectivity index (χ3v) is 1.74. The summed E-state index contributed by atoms with van der Waals surface area (Å²) in [6, 6.07) is -0.596. The molecule has 1 unspecified atom stereocenters. The van der Waals surface area contributed by atoms with Gasteiger partial charge < -0.3 is 11.1 Å². The van der Waals surface area contributed by atoms with Crippen LogP contribution in [-0.4, -0.2) is 23.2 Å². The van der Waals surface area contributed by atoms with E-state index in [0.717, 1.165) is 0 Å². The van der Waals surface area contributed by atoms with Crippen molar-refractivity contribution in [3.63, 3.8) is 0 Å². The van der Waals surface area contributed by atoms with E-state index in [2.05, 4.69) is 24.5 Å². The molecule has 0 bridgehead atoms. The van der Waals surface area contributed by atoms with Gasteiger partial charge in [-0.25, -0.2) is 0 Å². The second-order valence-electron chi connectivity index (χ2n) is 3.17. The van der Waals surface area contributed by atoms with E-state index in [4.69, 9.17) is 5.73 Å². The number of carbonyl (C=O) groups is 1. The van der Waals surface area contributed by atoms with Crippen LogP contribution in [0.2, 0.25) is 0 Å². The summed E-state index contributed by atoms with van der Waals surface area (Å²) in [6.07, 6.45) is 1.61. The molecule has 0 aliphatic carbocycles. The Morgan fingerprint density at radius 3 is 2.67 bits per heavy atom. The van der Waals surface area contributed by atoms with E-state index in [-0.39, 0.29) is 5.91 Å². The maximum Gasteiger partial charge on any atom is 0.238 e. The summed E-state index contributed by atoms with van der Waals surface area (Å²) in [5.41, 5.74) is 5.61. The third-order valence-electron chi connectivity index (χ3n) is 1.46. The van der Waals surface area contributed by atoms with E-state index < -0.39 is 10.8 Å². The van der Waals surface area contributed by atoms with Gasteiger partial charge in [-0.2, -0.15) is 12.6 Å². The van der Waals surface area contributed by atoms with Gasteiger partial charge in [-0.3, -0.25) is 4.79 Å². The summed E-state index contributed by atoms with van der Waals surface area (Å²) in [5.74, 6) is -0.199. The van der Waals surface area contributed by atoms with Crippen molar-refractivity contribution < 1.29 is 4.79 Å². The van der Waals surface area contributed by atoms with Crippen molar-refractivity contribution in [2.75, 3.05) is 6.54 Å². The maximum atomic E-state index is 11.2. The van der Waals surface area contributed by atoms with Crippen LogP contribution in [0.3, 0.4) is 0 Å². The Labute approximate surface area is 78.8 Å². The standard InChI is InChI=1S/C8H16N2OS/c1-4-5-10-7(11)6(9)8(2,3)12/h4,6,12H,1,5,9H2,2-3H3,(H,10,11). The molecule has 12 heavy (non-hydrogen) atoms. The number of carbonyl (C=O) groups excluding carboxylic acids is 1. The molecule has 0 aliphatic heterocycles. The summed E-state index contributed by atoms with van der Waals surface area (Å²) in [4.78, 5) is 11.2. The van der Waals surface area contributed by atoms with Crippen molar-refractivity contribution in [3.8, 4) is 0 Å². The zero-order chi connectivity index (χ0) is 9.78. The molecule has 0 aliphatic rings. The molecule has 0 aromatic rings. The molecule has 3 nitrogen and oxygen atoms in total. The summed E-state index contributed by atoms with van der Waals surface area (Å²) >= 11 is 4.20. The van der Waals surface area contributed by atoms with Crippen LogP contribution < -0.4 is 11.1 Å². The SMILES string of the molecule is C=CCNC(=O)C(N)C(C)(C)S. The Morgan fingerprint density at radius 1 is 1.83 bits per heavy atom. The summed E-state index contributed by atoms with van der Waals surface area (Å²) in [7, 11) is 0. The first-order chi connectivity index (χ1) is 5.39. The fourth-order valence-corrected chi connectivity index (χ4v) is 0.721. The molecule has 3 N–H and O–H groups in total. The molecule has 0 aromatic carbocycles. The van der Waals surface area contributed by atoms with Crippen LogP contribution in [0.5, 0.6) is 0 Å². The lowest BCUT2D eigenvalue weighted by Gasteiger charge is -2.24. The van der Waals surface area contributed by atoms with Crippen LogP contribution in [0.15, 0.2) is 12.7 Å². The van der Waals surface area contributed by atoms with Crippen molar-refractivity contribution in [2.24, 2.45) is 5.73 Å². The Hall–Kier alpha value is -0.480. The van der Waals surface area contributed by atoms with Crippen LogP contribution in [0.1, 0.15) is 13.8 Å². The van der Waals surface area contributed by atoms with E-state index in [9.17, 15) is 4.79 Å². The number of rotatable bonds is 4. The molecule has 0 heterocycles. The Bertz CT molecular complexity index is 174. The number of nitrogens with two attached hydrogens (primary N) is 1. The highest BCUT2D eigenvalue weighted by molar-refractivity contribution is 7.81. The molecule has 0 aromatic heterocycles. The molecule has 0 spiro atoms. The van der Waals surface area contributed by atoms with Gasteiger partial charge in [0.1, 0.15) is 0 Å². The average molecular weight is 188 g/mol. The minimum atomic E-state index is -0.596. The van der Waals surface area contributed by atoms with E-state index in [1.807, 2.05) is 0 Å².